The Labute approximate surface area is 206 Å². The molecule has 2 amide bonds. The highest BCUT2D eigenvalue weighted by Gasteiger charge is 2.12. The minimum atomic E-state index is -0.370. The molecule has 0 saturated heterocycles. The number of hydrogen-bond acceptors (Lipinski definition) is 5. The van der Waals surface area contributed by atoms with E-state index in [1.54, 1.807) is 42.6 Å². The van der Waals surface area contributed by atoms with Crippen LogP contribution in [0.3, 0.4) is 0 Å². The lowest BCUT2D eigenvalue weighted by atomic mass is 10.1. The van der Waals surface area contributed by atoms with E-state index in [1.807, 2.05) is 30.3 Å². The summed E-state index contributed by atoms with van der Waals surface area (Å²) in [5, 5.41) is 9.43. The second-order valence-electron chi connectivity index (χ2n) is 7.31. The van der Waals surface area contributed by atoms with Gasteiger partial charge in [-0.05, 0) is 54.6 Å². The molecule has 170 valence electrons. The molecule has 4 rings (SSSR count). The van der Waals surface area contributed by atoms with Crippen LogP contribution in [0.5, 0.6) is 0 Å². The summed E-state index contributed by atoms with van der Waals surface area (Å²) in [4.78, 5) is 32.7. The summed E-state index contributed by atoms with van der Waals surface area (Å²) in [6.07, 6.45) is 1.65. The standard InChI is InChI=1S/C25H19Cl2N5O2/c1-15(33)29-18-8-5-16(6-9-18)23-11-12-28-25(32-23)31-20-4-2-3-19(14-20)30-24(34)21-13-17(26)7-10-22(21)27/h2-14H,1H3,(H,29,33)(H,30,34)(H,28,31,32). The molecule has 0 spiro atoms. The van der Waals surface area contributed by atoms with Gasteiger partial charge in [-0.2, -0.15) is 0 Å². The fraction of sp³-hybridized carbons (Fsp3) is 0.0400. The zero-order valence-corrected chi connectivity index (χ0v) is 19.5. The Hall–Kier alpha value is -3.94. The predicted octanol–water partition coefficient (Wildman–Crippen LogP) is 6.40. The Morgan fingerprint density at radius 3 is 2.35 bits per heavy atom. The van der Waals surface area contributed by atoms with Crippen LogP contribution < -0.4 is 16.0 Å². The first-order valence-electron chi connectivity index (χ1n) is 10.2. The number of rotatable bonds is 6. The van der Waals surface area contributed by atoms with Crippen LogP contribution in [0.15, 0.2) is 79.0 Å². The third-order valence-corrected chi connectivity index (χ3v) is 5.27. The molecule has 34 heavy (non-hydrogen) atoms. The van der Waals surface area contributed by atoms with Gasteiger partial charge in [0.25, 0.3) is 5.91 Å². The summed E-state index contributed by atoms with van der Waals surface area (Å²) >= 11 is 12.1. The lowest BCUT2D eigenvalue weighted by Crippen LogP contribution is -2.12. The Balaban J connectivity index is 1.48. The molecule has 0 atom stereocenters. The fourth-order valence-electron chi connectivity index (χ4n) is 3.18. The van der Waals surface area contributed by atoms with E-state index in [0.29, 0.717) is 38.7 Å². The van der Waals surface area contributed by atoms with E-state index < -0.39 is 0 Å². The molecule has 0 saturated carbocycles. The maximum Gasteiger partial charge on any atom is 0.257 e. The topological polar surface area (TPSA) is 96.0 Å². The van der Waals surface area contributed by atoms with Crippen molar-refractivity contribution in [3.63, 3.8) is 0 Å². The molecule has 9 heteroatoms. The first-order chi connectivity index (χ1) is 16.4. The van der Waals surface area contributed by atoms with Crippen LogP contribution in [0.25, 0.3) is 11.3 Å². The Morgan fingerprint density at radius 1 is 0.824 bits per heavy atom. The van der Waals surface area contributed by atoms with Crippen molar-refractivity contribution in [3.8, 4) is 11.3 Å². The highest BCUT2D eigenvalue weighted by Crippen LogP contribution is 2.25. The number of hydrogen-bond donors (Lipinski definition) is 3. The van der Waals surface area contributed by atoms with Gasteiger partial charge in [-0.25, -0.2) is 9.97 Å². The molecule has 1 heterocycles. The molecule has 0 unspecified atom stereocenters. The molecule has 3 aromatic carbocycles. The van der Waals surface area contributed by atoms with E-state index in [9.17, 15) is 9.59 Å². The van der Waals surface area contributed by atoms with Gasteiger partial charge in [0.15, 0.2) is 0 Å². The average molecular weight is 492 g/mol. The van der Waals surface area contributed by atoms with Crippen LogP contribution in [0, 0.1) is 0 Å². The van der Waals surface area contributed by atoms with Crippen LogP contribution in [-0.4, -0.2) is 21.8 Å². The number of carbonyl (C=O) groups is 2. The van der Waals surface area contributed by atoms with Gasteiger partial charge in [0.1, 0.15) is 0 Å². The van der Waals surface area contributed by atoms with Crippen molar-refractivity contribution in [1.82, 2.24) is 9.97 Å². The molecule has 7 nitrogen and oxygen atoms in total. The predicted molar refractivity (Wildman–Crippen MR) is 136 cm³/mol. The van der Waals surface area contributed by atoms with E-state index in [1.165, 1.54) is 13.0 Å². The second-order valence-corrected chi connectivity index (χ2v) is 8.15. The summed E-state index contributed by atoms with van der Waals surface area (Å²) < 4.78 is 0. The number of carbonyl (C=O) groups excluding carboxylic acids is 2. The highest BCUT2D eigenvalue weighted by atomic mass is 35.5. The largest absolute Gasteiger partial charge is 0.326 e. The Kier molecular flexibility index (Phi) is 7.06. The average Bonchev–Trinajstić information content (AvgIpc) is 2.81. The number of benzene rings is 3. The molecule has 0 aliphatic carbocycles. The summed E-state index contributed by atoms with van der Waals surface area (Å²) in [6, 6.07) is 21.0. The number of halogens is 2. The lowest BCUT2D eigenvalue weighted by Gasteiger charge is -2.10. The minimum absolute atomic E-state index is 0.129. The van der Waals surface area contributed by atoms with Crippen LogP contribution >= 0.6 is 23.2 Å². The molecule has 0 radical (unpaired) electrons. The summed E-state index contributed by atoms with van der Waals surface area (Å²) in [5.74, 6) is -0.106. The smallest absolute Gasteiger partial charge is 0.257 e. The summed E-state index contributed by atoms with van der Waals surface area (Å²) in [7, 11) is 0. The van der Waals surface area contributed by atoms with Crippen molar-refractivity contribution in [2.24, 2.45) is 0 Å². The fourth-order valence-corrected chi connectivity index (χ4v) is 3.56. The van der Waals surface area contributed by atoms with E-state index in [0.717, 1.165) is 5.56 Å². The molecule has 0 bridgehead atoms. The Bertz CT molecular complexity index is 1360. The molecule has 3 N–H and O–H groups in total. The van der Waals surface area contributed by atoms with Gasteiger partial charge in [0, 0.05) is 40.8 Å². The SMILES string of the molecule is CC(=O)Nc1ccc(-c2ccnc(Nc3cccc(NC(=O)c4cc(Cl)ccc4Cl)c3)n2)cc1. The zero-order valence-electron chi connectivity index (χ0n) is 18.0. The maximum atomic E-state index is 12.6. The normalized spacial score (nSPS) is 10.4. The molecule has 4 aromatic rings. The van der Waals surface area contributed by atoms with Crippen LogP contribution in [-0.2, 0) is 4.79 Å². The van der Waals surface area contributed by atoms with Crippen LogP contribution in [0.1, 0.15) is 17.3 Å². The maximum absolute atomic E-state index is 12.6. The van der Waals surface area contributed by atoms with Crippen molar-refractivity contribution in [1.29, 1.82) is 0 Å². The number of nitrogens with zero attached hydrogens (tertiary/aromatic N) is 2. The van der Waals surface area contributed by atoms with Gasteiger partial charge < -0.3 is 16.0 Å². The summed E-state index contributed by atoms with van der Waals surface area (Å²) in [5.41, 5.74) is 3.84. The molecule has 0 aliphatic rings. The minimum Gasteiger partial charge on any atom is -0.326 e. The molecular formula is C25H19Cl2N5O2. The van der Waals surface area contributed by atoms with Gasteiger partial charge in [0.05, 0.1) is 16.3 Å². The quantitative estimate of drug-likeness (QED) is 0.289. The van der Waals surface area contributed by atoms with Gasteiger partial charge in [0.2, 0.25) is 11.9 Å². The number of nitrogens with one attached hydrogen (secondary N) is 3. The third kappa shape index (κ3) is 5.89. The first kappa shape index (κ1) is 23.2. The van der Waals surface area contributed by atoms with E-state index in [-0.39, 0.29) is 17.4 Å². The van der Waals surface area contributed by atoms with Crippen molar-refractivity contribution >= 4 is 58.0 Å². The first-order valence-corrected chi connectivity index (χ1v) is 11.0. The van der Waals surface area contributed by atoms with Gasteiger partial charge in [-0.1, -0.05) is 41.4 Å². The zero-order chi connectivity index (χ0) is 24.1. The van der Waals surface area contributed by atoms with Gasteiger partial charge in [-0.15, -0.1) is 0 Å². The molecule has 0 fully saturated rings. The number of amides is 2. The lowest BCUT2D eigenvalue weighted by molar-refractivity contribution is -0.114. The van der Waals surface area contributed by atoms with Gasteiger partial charge >= 0.3 is 0 Å². The van der Waals surface area contributed by atoms with Crippen molar-refractivity contribution < 1.29 is 9.59 Å². The monoisotopic (exact) mass is 491 g/mol. The van der Waals surface area contributed by atoms with Crippen LogP contribution in [0.2, 0.25) is 10.0 Å². The molecule has 1 aromatic heterocycles. The third-order valence-electron chi connectivity index (χ3n) is 4.71. The number of aromatic nitrogens is 2. The van der Waals surface area contributed by atoms with E-state index >= 15 is 0 Å². The van der Waals surface area contributed by atoms with E-state index in [2.05, 4.69) is 25.9 Å². The van der Waals surface area contributed by atoms with Crippen molar-refractivity contribution in [2.75, 3.05) is 16.0 Å². The van der Waals surface area contributed by atoms with Crippen molar-refractivity contribution in [3.05, 3.63) is 94.6 Å². The summed E-state index contributed by atoms with van der Waals surface area (Å²) in [6.45, 7) is 1.46. The van der Waals surface area contributed by atoms with Gasteiger partial charge in [-0.3, -0.25) is 9.59 Å². The Morgan fingerprint density at radius 2 is 1.59 bits per heavy atom. The van der Waals surface area contributed by atoms with E-state index in [4.69, 9.17) is 23.2 Å². The second kappa shape index (κ2) is 10.3. The number of anilines is 4. The molecule has 0 aliphatic heterocycles. The van der Waals surface area contributed by atoms with Crippen molar-refractivity contribution in [2.45, 2.75) is 6.92 Å². The highest BCUT2D eigenvalue weighted by molar-refractivity contribution is 6.36. The molecular weight excluding hydrogens is 473 g/mol. The van der Waals surface area contributed by atoms with Crippen LogP contribution in [0.4, 0.5) is 23.0 Å².